The van der Waals surface area contributed by atoms with Crippen molar-refractivity contribution in [1.82, 2.24) is 9.78 Å². The number of primary amides is 1. The molecule has 1 aromatic heterocycles. The molecule has 6 nitrogen and oxygen atoms in total. The van der Waals surface area contributed by atoms with Crippen LogP contribution in [0.2, 0.25) is 0 Å². The normalized spacial score (nSPS) is 12.4. The molecule has 0 saturated carbocycles. The number of aliphatic carboxylic acids is 1. The first kappa shape index (κ1) is 10.2. The summed E-state index contributed by atoms with van der Waals surface area (Å²) in [6, 6.07) is 1.46. The van der Waals surface area contributed by atoms with Gasteiger partial charge in [-0.3, -0.25) is 14.3 Å². The molecule has 1 atom stereocenters. The Kier molecular flexibility index (Phi) is 2.85. The highest BCUT2D eigenvalue weighted by atomic mass is 16.4. The molecule has 0 aliphatic rings. The Hall–Kier alpha value is -1.85. The summed E-state index contributed by atoms with van der Waals surface area (Å²) in [6.07, 6.45) is 1.53. The number of amides is 1. The fourth-order valence-electron chi connectivity index (χ4n) is 0.953. The van der Waals surface area contributed by atoms with Crippen molar-refractivity contribution < 1.29 is 14.7 Å². The van der Waals surface area contributed by atoms with E-state index in [1.807, 2.05) is 0 Å². The zero-order valence-corrected chi connectivity index (χ0v) is 7.67. The predicted octanol–water partition coefficient (Wildman–Crippen LogP) is -0.297. The number of carboxylic acid groups (broad SMARTS) is 1. The maximum absolute atomic E-state index is 10.7. The van der Waals surface area contributed by atoms with Crippen LogP contribution >= 0.6 is 0 Å². The van der Waals surface area contributed by atoms with Crippen molar-refractivity contribution in [2.75, 3.05) is 0 Å². The zero-order chi connectivity index (χ0) is 10.7. The van der Waals surface area contributed by atoms with Gasteiger partial charge in [0.25, 0.3) is 5.91 Å². The van der Waals surface area contributed by atoms with Gasteiger partial charge in [0.05, 0.1) is 12.5 Å². The van der Waals surface area contributed by atoms with Crippen LogP contribution in [0.25, 0.3) is 0 Å². The van der Waals surface area contributed by atoms with Gasteiger partial charge in [-0.25, -0.2) is 0 Å². The van der Waals surface area contributed by atoms with E-state index in [2.05, 4.69) is 5.10 Å². The average molecular weight is 197 g/mol. The molecule has 0 aliphatic carbocycles. The van der Waals surface area contributed by atoms with E-state index in [1.54, 1.807) is 6.92 Å². The number of hydrogen-bond donors (Lipinski definition) is 2. The summed E-state index contributed by atoms with van der Waals surface area (Å²) in [5, 5.41) is 12.4. The monoisotopic (exact) mass is 197 g/mol. The lowest BCUT2D eigenvalue weighted by atomic mass is 10.2. The lowest BCUT2D eigenvalue weighted by Crippen LogP contribution is -2.18. The molecule has 0 spiro atoms. The standard InChI is InChI=1S/C8H11N3O3/c1-5(8(13)14)4-11-3-2-6(10-11)7(9)12/h2-3,5H,4H2,1H3,(H2,9,12)(H,13,14). The van der Waals surface area contributed by atoms with Gasteiger partial charge < -0.3 is 10.8 Å². The van der Waals surface area contributed by atoms with E-state index in [1.165, 1.54) is 16.9 Å². The summed E-state index contributed by atoms with van der Waals surface area (Å²) in [6.45, 7) is 1.79. The van der Waals surface area contributed by atoms with Gasteiger partial charge in [-0.15, -0.1) is 0 Å². The van der Waals surface area contributed by atoms with Gasteiger partial charge >= 0.3 is 5.97 Å². The zero-order valence-electron chi connectivity index (χ0n) is 7.67. The van der Waals surface area contributed by atoms with E-state index in [-0.39, 0.29) is 12.2 Å². The number of carboxylic acids is 1. The maximum atomic E-state index is 10.7. The quantitative estimate of drug-likeness (QED) is 0.692. The average Bonchev–Trinajstić information content (AvgIpc) is 2.52. The number of carbonyl (C=O) groups is 2. The van der Waals surface area contributed by atoms with E-state index < -0.39 is 17.8 Å². The number of hydrogen-bond acceptors (Lipinski definition) is 3. The Bertz CT molecular complexity index is 358. The first-order valence-electron chi connectivity index (χ1n) is 4.06. The van der Waals surface area contributed by atoms with Gasteiger partial charge in [0.2, 0.25) is 0 Å². The van der Waals surface area contributed by atoms with Crippen molar-refractivity contribution in [2.24, 2.45) is 11.7 Å². The number of nitrogens with two attached hydrogens (primary N) is 1. The largest absolute Gasteiger partial charge is 0.481 e. The van der Waals surface area contributed by atoms with Crippen molar-refractivity contribution in [3.63, 3.8) is 0 Å². The molecular weight excluding hydrogens is 186 g/mol. The second-order valence-electron chi connectivity index (χ2n) is 3.03. The minimum atomic E-state index is -0.902. The fourth-order valence-corrected chi connectivity index (χ4v) is 0.953. The van der Waals surface area contributed by atoms with E-state index in [0.29, 0.717) is 0 Å². The number of aromatic nitrogens is 2. The minimum Gasteiger partial charge on any atom is -0.481 e. The van der Waals surface area contributed by atoms with E-state index in [0.717, 1.165) is 0 Å². The summed E-state index contributed by atoms with van der Waals surface area (Å²) in [5.41, 5.74) is 5.13. The summed E-state index contributed by atoms with van der Waals surface area (Å²) in [5.74, 6) is -2.07. The topological polar surface area (TPSA) is 98.2 Å². The Morgan fingerprint density at radius 2 is 2.36 bits per heavy atom. The third kappa shape index (κ3) is 2.32. The Labute approximate surface area is 80.3 Å². The molecule has 0 radical (unpaired) electrons. The molecule has 1 aromatic rings. The summed E-state index contributed by atoms with van der Waals surface area (Å²) >= 11 is 0. The predicted molar refractivity (Wildman–Crippen MR) is 47.5 cm³/mol. The number of carbonyl (C=O) groups excluding carboxylic acids is 1. The van der Waals surface area contributed by atoms with Crippen molar-refractivity contribution in [2.45, 2.75) is 13.5 Å². The molecule has 3 N–H and O–H groups in total. The van der Waals surface area contributed by atoms with Crippen LogP contribution in [0.5, 0.6) is 0 Å². The molecule has 1 heterocycles. The first-order valence-corrected chi connectivity index (χ1v) is 4.06. The molecule has 6 heteroatoms. The molecule has 0 bridgehead atoms. The Morgan fingerprint density at radius 3 is 2.79 bits per heavy atom. The van der Waals surface area contributed by atoms with Crippen molar-refractivity contribution in [3.05, 3.63) is 18.0 Å². The molecule has 0 aliphatic heterocycles. The molecule has 0 saturated heterocycles. The van der Waals surface area contributed by atoms with Gasteiger partial charge in [0.15, 0.2) is 0 Å². The van der Waals surface area contributed by atoms with Crippen LogP contribution in [-0.2, 0) is 11.3 Å². The van der Waals surface area contributed by atoms with Crippen LogP contribution in [-0.4, -0.2) is 26.8 Å². The lowest BCUT2D eigenvalue weighted by Gasteiger charge is -2.05. The highest BCUT2D eigenvalue weighted by Crippen LogP contribution is 2.01. The third-order valence-electron chi connectivity index (χ3n) is 1.78. The van der Waals surface area contributed by atoms with E-state index >= 15 is 0 Å². The molecule has 1 amide bonds. The molecule has 1 rings (SSSR count). The summed E-state index contributed by atoms with van der Waals surface area (Å²) in [7, 11) is 0. The van der Waals surface area contributed by atoms with Crippen molar-refractivity contribution in [1.29, 1.82) is 0 Å². The van der Waals surface area contributed by atoms with Gasteiger partial charge in [0.1, 0.15) is 5.69 Å². The molecule has 1 unspecified atom stereocenters. The van der Waals surface area contributed by atoms with Crippen molar-refractivity contribution >= 4 is 11.9 Å². The third-order valence-corrected chi connectivity index (χ3v) is 1.78. The van der Waals surface area contributed by atoms with Gasteiger partial charge in [-0.2, -0.15) is 5.10 Å². The highest BCUT2D eigenvalue weighted by Gasteiger charge is 2.13. The van der Waals surface area contributed by atoms with Crippen LogP contribution in [0.4, 0.5) is 0 Å². The second kappa shape index (κ2) is 3.91. The minimum absolute atomic E-state index is 0.141. The van der Waals surface area contributed by atoms with Gasteiger partial charge in [-0.05, 0) is 6.07 Å². The van der Waals surface area contributed by atoms with Crippen LogP contribution in [0.15, 0.2) is 12.3 Å². The van der Waals surface area contributed by atoms with Gasteiger partial charge in [-0.1, -0.05) is 6.92 Å². The molecule has 0 aromatic carbocycles. The fraction of sp³-hybridized carbons (Fsp3) is 0.375. The van der Waals surface area contributed by atoms with Crippen molar-refractivity contribution in [3.8, 4) is 0 Å². The van der Waals surface area contributed by atoms with Crippen LogP contribution in [0.3, 0.4) is 0 Å². The lowest BCUT2D eigenvalue weighted by molar-refractivity contribution is -0.141. The Morgan fingerprint density at radius 1 is 1.71 bits per heavy atom. The second-order valence-corrected chi connectivity index (χ2v) is 3.03. The molecular formula is C8H11N3O3. The van der Waals surface area contributed by atoms with Gasteiger partial charge in [0, 0.05) is 6.20 Å². The van der Waals surface area contributed by atoms with Crippen LogP contribution in [0.1, 0.15) is 17.4 Å². The summed E-state index contributed by atoms with van der Waals surface area (Å²) < 4.78 is 1.39. The highest BCUT2D eigenvalue weighted by molar-refractivity contribution is 5.90. The molecule has 0 fully saturated rings. The molecule has 14 heavy (non-hydrogen) atoms. The number of nitrogens with zero attached hydrogens (tertiary/aromatic N) is 2. The maximum Gasteiger partial charge on any atom is 0.308 e. The Balaban J connectivity index is 2.69. The van der Waals surface area contributed by atoms with Crippen LogP contribution in [0, 0.1) is 5.92 Å². The first-order chi connectivity index (χ1) is 6.50. The van der Waals surface area contributed by atoms with E-state index in [4.69, 9.17) is 10.8 Å². The summed E-state index contributed by atoms with van der Waals surface area (Å²) in [4.78, 5) is 21.2. The van der Waals surface area contributed by atoms with Crippen LogP contribution < -0.4 is 5.73 Å². The smallest absolute Gasteiger partial charge is 0.308 e. The SMILES string of the molecule is CC(Cn1ccc(C(N)=O)n1)C(=O)O. The van der Waals surface area contributed by atoms with E-state index in [9.17, 15) is 9.59 Å². The number of rotatable bonds is 4. The molecule has 76 valence electrons.